The van der Waals surface area contributed by atoms with Crippen molar-refractivity contribution >= 4 is 62.3 Å². The summed E-state index contributed by atoms with van der Waals surface area (Å²) in [6, 6.07) is 8.78. The van der Waals surface area contributed by atoms with Crippen molar-refractivity contribution in [3.63, 3.8) is 0 Å². The number of hydrogen-bond donors (Lipinski definition) is 1. The van der Waals surface area contributed by atoms with Crippen LogP contribution in [0.2, 0.25) is 15.1 Å². The maximum absolute atomic E-state index is 13.2. The van der Waals surface area contributed by atoms with Gasteiger partial charge in [-0.25, -0.2) is 8.42 Å². The van der Waals surface area contributed by atoms with Crippen LogP contribution in [0, 0.1) is 0 Å². The quantitative estimate of drug-likeness (QED) is 0.437. The zero-order chi connectivity index (χ0) is 26.3. The standard InChI is InChI=1S/C23H28Cl3N3O5S/c1-15(23(31)27-2)28(14-16-7-8-17(24)12-19(16)25)22(30)6-5-11-29(35(4,32)33)18-9-10-21(34-3)20(26)13-18/h7-10,12-13,15H,5-6,11,14H2,1-4H3,(H,27,31). The number of halogens is 3. The van der Waals surface area contributed by atoms with Gasteiger partial charge in [0.2, 0.25) is 21.8 Å². The lowest BCUT2D eigenvalue weighted by Gasteiger charge is -2.29. The van der Waals surface area contributed by atoms with Crippen molar-refractivity contribution in [2.45, 2.75) is 32.4 Å². The summed E-state index contributed by atoms with van der Waals surface area (Å²) in [6.07, 6.45) is 1.29. The van der Waals surface area contributed by atoms with Gasteiger partial charge in [-0.15, -0.1) is 0 Å². The predicted octanol–water partition coefficient (Wildman–Crippen LogP) is 4.36. The third-order valence-electron chi connectivity index (χ3n) is 5.35. The van der Waals surface area contributed by atoms with E-state index in [9.17, 15) is 18.0 Å². The largest absolute Gasteiger partial charge is 0.495 e. The minimum atomic E-state index is -3.65. The molecule has 1 atom stereocenters. The van der Waals surface area contributed by atoms with Crippen molar-refractivity contribution in [2.75, 3.05) is 31.3 Å². The molecule has 2 amide bonds. The second-order valence-corrected chi connectivity index (χ2v) is 11.0. The van der Waals surface area contributed by atoms with Gasteiger partial charge in [-0.2, -0.15) is 0 Å². The lowest BCUT2D eigenvalue weighted by molar-refractivity contribution is -0.140. The maximum atomic E-state index is 13.2. The molecule has 1 N–H and O–H groups in total. The van der Waals surface area contributed by atoms with E-state index < -0.39 is 16.1 Å². The number of nitrogens with zero attached hydrogens (tertiary/aromatic N) is 2. The topological polar surface area (TPSA) is 96.0 Å². The Bertz CT molecular complexity index is 1180. The second-order valence-electron chi connectivity index (χ2n) is 7.81. The van der Waals surface area contributed by atoms with Crippen LogP contribution in [0.1, 0.15) is 25.3 Å². The van der Waals surface area contributed by atoms with Crippen LogP contribution in [0.3, 0.4) is 0 Å². The summed E-state index contributed by atoms with van der Waals surface area (Å²) in [5.74, 6) is -0.249. The molecule has 2 aromatic rings. The number of benzene rings is 2. The van der Waals surface area contributed by atoms with Gasteiger partial charge in [0.05, 0.1) is 24.1 Å². The number of anilines is 1. The zero-order valence-corrected chi connectivity index (χ0v) is 22.9. The minimum absolute atomic E-state index is 0.00243. The average Bonchev–Trinajstić information content (AvgIpc) is 2.79. The van der Waals surface area contributed by atoms with Gasteiger partial charge in [0.15, 0.2) is 0 Å². The molecule has 2 rings (SSSR count). The van der Waals surface area contributed by atoms with E-state index in [2.05, 4.69) is 5.32 Å². The summed E-state index contributed by atoms with van der Waals surface area (Å²) < 4.78 is 31.1. The molecule has 0 radical (unpaired) electrons. The second kappa shape index (κ2) is 12.7. The van der Waals surface area contributed by atoms with E-state index in [4.69, 9.17) is 39.5 Å². The van der Waals surface area contributed by atoms with Crippen molar-refractivity contribution in [1.82, 2.24) is 10.2 Å². The molecule has 35 heavy (non-hydrogen) atoms. The number of likely N-dealkylation sites (N-methyl/N-ethyl adjacent to an activating group) is 1. The molecule has 0 saturated carbocycles. The lowest BCUT2D eigenvalue weighted by Crippen LogP contribution is -2.46. The fourth-order valence-electron chi connectivity index (χ4n) is 3.44. The fraction of sp³-hybridized carbons (Fsp3) is 0.391. The normalized spacial score (nSPS) is 12.1. The maximum Gasteiger partial charge on any atom is 0.242 e. The van der Waals surface area contributed by atoms with Gasteiger partial charge in [0, 0.05) is 36.6 Å². The van der Waals surface area contributed by atoms with Gasteiger partial charge >= 0.3 is 0 Å². The number of nitrogens with one attached hydrogen (secondary N) is 1. The summed E-state index contributed by atoms with van der Waals surface area (Å²) in [5.41, 5.74) is 0.986. The van der Waals surface area contributed by atoms with Crippen LogP contribution in [0.5, 0.6) is 5.75 Å². The number of sulfonamides is 1. The van der Waals surface area contributed by atoms with Crippen LogP contribution in [0.15, 0.2) is 36.4 Å². The van der Waals surface area contributed by atoms with E-state index >= 15 is 0 Å². The number of ether oxygens (including phenoxy) is 1. The molecular formula is C23H28Cl3N3O5S. The monoisotopic (exact) mass is 563 g/mol. The number of carbonyl (C=O) groups excluding carboxylic acids is 2. The van der Waals surface area contributed by atoms with Crippen molar-refractivity contribution in [3.8, 4) is 5.75 Å². The molecule has 0 heterocycles. The molecule has 0 aliphatic rings. The molecule has 2 aromatic carbocycles. The molecular weight excluding hydrogens is 537 g/mol. The molecule has 0 spiro atoms. The number of carbonyl (C=O) groups is 2. The first kappa shape index (κ1) is 29.0. The molecule has 0 aromatic heterocycles. The van der Waals surface area contributed by atoms with Gasteiger partial charge in [-0.1, -0.05) is 40.9 Å². The molecule has 1 unspecified atom stereocenters. The molecule has 0 aliphatic carbocycles. The van der Waals surface area contributed by atoms with Crippen LogP contribution in [0.4, 0.5) is 5.69 Å². The highest BCUT2D eigenvalue weighted by Gasteiger charge is 2.27. The number of hydrogen-bond acceptors (Lipinski definition) is 5. The van der Waals surface area contributed by atoms with Gasteiger partial charge in [-0.05, 0) is 49.2 Å². The summed E-state index contributed by atoms with van der Waals surface area (Å²) >= 11 is 18.4. The summed E-state index contributed by atoms with van der Waals surface area (Å²) in [4.78, 5) is 26.9. The fourth-order valence-corrected chi connectivity index (χ4v) is 5.12. The summed E-state index contributed by atoms with van der Waals surface area (Å²) in [7, 11) is -0.701. The predicted molar refractivity (Wildman–Crippen MR) is 140 cm³/mol. The van der Waals surface area contributed by atoms with Crippen LogP contribution in [0.25, 0.3) is 0 Å². The Morgan fingerprint density at radius 2 is 1.77 bits per heavy atom. The van der Waals surface area contributed by atoms with Gasteiger partial charge < -0.3 is 15.0 Å². The van der Waals surface area contributed by atoms with Gasteiger partial charge in [-0.3, -0.25) is 13.9 Å². The van der Waals surface area contributed by atoms with E-state index in [0.717, 1.165) is 6.26 Å². The van der Waals surface area contributed by atoms with Crippen molar-refractivity contribution < 1.29 is 22.7 Å². The van der Waals surface area contributed by atoms with E-state index in [-0.39, 0.29) is 42.8 Å². The molecule has 8 nitrogen and oxygen atoms in total. The van der Waals surface area contributed by atoms with Crippen LogP contribution in [-0.2, 0) is 26.2 Å². The Morgan fingerprint density at radius 1 is 1.09 bits per heavy atom. The number of methoxy groups -OCH3 is 1. The molecule has 12 heteroatoms. The highest BCUT2D eigenvalue weighted by molar-refractivity contribution is 7.92. The first-order valence-corrected chi connectivity index (χ1v) is 13.6. The van der Waals surface area contributed by atoms with E-state index in [1.165, 1.54) is 29.4 Å². The molecule has 0 fully saturated rings. The molecule has 0 bridgehead atoms. The molecule has 0 saturated heterocycles. The highest BCUT2D eigenvalue weighted by atomic mass is 35.5. The Labute approximate surface area is 221 Å². The number of rotatable bonds is 11. The van der Waals surface area contributed by atoms with Crippen molar-refractivity contribution in [1.29, 1.82) is 0 Å². The van der Waals surface area contributed by atoms with E-state index in [1.54, 1.807) is 37.3 Å². The molecule has 0 aliphatic heterocycles. The first-order valence-electron chi connectivity index (χ1n) is 10.6. The SMILES string of the molecule is CNC(=O)C(C)N(Cc1ccc(Cl)cc1Cl)C(=O)CCCN(c1ccc(OC)c(Cl)c1)S(C)(=O)=O. The first-order chi connectivity index (χ1) is 16.4. The lowest BCUT2D eigenvalue weighted by atomic mass is 10.1. The Hall–Kier alpha value is -2.20. The Morgan fingerprint density at radius 3 is 2.31 bits per heavy atom. The third-order valence-corrected chi connectivity index (χ3v) is 7.42. The van der Waals surface area contributed by atoms with E-state index in [1.807, 2.05) is 0 Å². The third kappa shape index (κ3) is 7.90. The average molecular weight is 565 g/mol. The van der Waals surface area contributed by atoms with Crippen LogP contribution >= 0.6 is 34.8 Å². The Kier molecular flexibility index (Phi) is 10.5. The number of amides is 2. The summed E-state index contributed by atoms with van der Waals surface area (Å²) in [6.45, 7) is 1.74. The summed E-state index contributed by atoms with van der Waals surface area (Å²) in [5, 5.41) is 3.64. The van der Waals surface area contributed by atoms with E-state index in [0.29, 0.717) is 27.0 Å². The molecule has 192 valence electrons. The highest BCUT2D eigenvalue weighted by Crippen LogP contribution is 2.30. The van der Waals surface area contributed by atoms with Crippen molar-refractivity contribution in [3.05, 3.63) is 57.0 Å². The van der Waals surface area contributed by atoms with Crippen molar-refractivity contribution in [2.24, 2.45) is 0 Å². The smallest absolute Gasteiger partial charge is 0.242 e. The minimum Gasteiger partial charge on any atom is -0.495 e. The zero-order valence-electron chi connectivity index (χ0n) is 19.8. The van der Waals surface area contributed by atoms with Gasteiger partial charge in [0.25, 0.3) is 0 Å². The van der Waals surface area contributed by atoms with Crippen LogP contribution < -0.4 is 14.4 Å². The van der Waals surface area contributed by atoms with Gasteiger partial charge in [0.1, 0.15) is 11.8 Å². The Balaban J connectivity index is 2.20. The van der Waals surface area contributed by atoms with Crippen LogP contribution in [-0.4, -0.2) is 58.1 Å².